The Balaban J connectivity index is 1.77. The molecule has 0 N–H and O–H groups in total. The third-order valence-corrected chi connectivity index (χ3v) is 4.40. The van der Waals surface area contributed by atoms with Crippen molar-refractivity contribution in [2.75, 3.05) is 7.11 Å². The highest BCUT2D eigenvalue weighted by molar-refractivity contribution is 7.98. The average Bonchev–Trinajstić information content (AvgIpc) is 2.95. The van der Waals surface area contributed by atoms with E-state index in [0.29, 0.717) is 5.56 Å². The summed E-state index contributed by atoms with van der Waals surface area (Å²) in [4.78, 5) is 15.9. The number of benzene rings is 1. The number of methoxy groups -OCH3 is 1. The summed E-state index contributed by atoms with van der Waals surface area (Å²) in [6.45, 7) is 3.88. The Morgan fingerprint density at radius 2 is 1.96 bits per heavy atom. The number of nitrogens with zero attached hydrogens (tertiary/aromatic N) is 4. The molecule has 0 saturated carbocycles. The molecule has 0 radical (unpaired) electrons. The number of hydrogen-bond donors (Lipinski definition) is 0. The van der Waals surface area contributed by atoms with Gasteiger partial charge in [-0.15, -0.1) is 10.2 Å². The Hall–Kier alpha value is -2.41. The molecule has 7 heteroatoms. The third kappa shape index (κ3) is 3.19. The minimum absolute atomic E-state index is 0.329. The van der Waals surface area contributed by atoms with E-state index >= 15 is 0 Å². The Morgan fingerprint density at radius 1 is 1.22 bits per heavy atom. The summed E-state index contributed by atoms with van der Waals surface area (Å²) in [5.74, 6) is 1.27. The molecular formula is C16H16N4O2S. The quantitative estimate of drug-likeness (QED) is 0.542. The molecule has 0 unspecified atom stereocenters. The van der Waals surface area contributed by atoms with Crippen LogP contribution in [0.15, 0.2) is 35.5 Å². The van der Waals surface area contributed by atoms with E-state index < -0.39 is 0 Å². The van der Waals surface area contributed by atoms with Crippen molar-refractivity contribution in [3.8, 4) is 0 Å². The van der Waals surface area contributed by atoms with E-state index in [1.807, 2.05) is 36.4 Å². The fourth-order valence-electron chi connectivity index (χ4n) is 2.30. The largest absolute Gasteiger partial charge is 0.465 e. The number of carbonyl (C=O) groups excluding carboxylic acids is 1. The van der Waals surface area contributed by atoms with Crippen molar-refractivity contribution in [3.05, 3.63) is 53.0 Å². The number of rotatable bonds is 4. The highest BCUT2D eigenvalue weighted by Gasteiger charge is 2.10. The molecule has 1 aromatic carbocycles. The number of carbonyl (C=O) groups is 1. The molecule has 23 heavy (non-hydrogen) atoms. The molecule has 2 aromatic heterocycles. The molecule has 0 amide bonds. The highest BCUT2D eigenvalue weighted by atomic mass is 32.2. The number of aromatic nitrogens is 4. The van der Waals surface area contributed by atoms with E-state index in [1.54, 1.807) is 23.9 Å². The average molecular weight is 328 g/mol. The van der Waals surface area contributed by atoms with Gasteiger partial charge in [0.15, 0.2) is 10.8 Å². The maximum Gasteiger partial charge on any atom is 0.337 e. The van der Waals surface area contributed by atoms with E-state index in [1.165, 1.54) is 7.11 Å². The van der Waals surface area contributed by atoms with Crippen LogP contribution in [0.25, 0.3) is 5.65 Å². The second-order valence-corrected chi connectivity index (χ2v) is 6.04. The highest BCUT2D eigenvalue weighted by Crippen LogP contribution is 2.23. The van der Waals surface area contributed by atoms with Crippen molar-refractivity contribution in [2.45, 2.75) is 24.8 Å². The Kier molecular flexibility index (Phi) is 4.29. The van der Waals surface area contributed by atoms with Gasteiger partial charge in [0.25, 0.3) is 0 Å². The van der Waals surface area contributed by atoms with E-state index in [2.05, 4.69) is 15.2 Å². The molecule has 0 atom stereocenters. The molecule has 0 aliphatic heterocycles. The molecule has 0 spiro atoms. The van der Waals surface area contributed by atoms with Gasteiger partial charge in [-0.1, -0.05) is 23.9 Å². The molecule has 0 saturated heterocycles. The van der Waals surface area contributed by atoms with Gasteiger partial charge in [0.1, 0.15) is 5.82 Å². The van der Waals surface area contributed by atoms with Gasteiger partial charge in [-0.25, -0.2) is 9.78 Å². The maximum absolute atomic E-state index is 11.4. The van der Waals surface area contributed by atoms with Crippen LogP contribution in [-0.2, 0) is 10.5 Å². The van der Waals surface area contributed by atoms with Crippen molar-refractivity contribution >= 4 is 23.4 Å². The number of hydrogen-bond acceptors (Lipinski definition) is 6. The lowest BCUT2D eigenvalue weighted by Gasteiger charge is -2.05. The second-order valence-electron chi connectivity index (χ2n) is 5.10. The zero-order valence-electron chi connectivity index (χ0n) is 13.1. The van der Waals surface area contributed by atoms with Crippen LogP contribution in [0.3, 0.4) is 0 Å². The molecule has 2 heterocycles. The fraction of sp³-hybridized carbons (Fsp3) is 0.250. The van der Waals surface area contributed by atoms with Crippen molar-refractivity contribution in [3.63, 3.8) is 0 Å². The number of thioether (sulfide) groups is 1. The first kappa shape index (κ1) is 15.5. The van der Waals surface area contributed by atoms with Gasteiger partial charge in [0, 0.05) is 17.5 Å². The fourth-order valence-corrected chi connectivity index (χ4v) is 3.24. The number of aryl methyl sites for hydroxylation is 2. The van der Waals surface area contributed by atoms with Crippen molar-refractivity contribution in [2.24, 2.45) is 0 Å². The number of fused-ring (bicyclic) bond motifs is 1. The van der Waals surface area contributed by atoms with Gasteiger partial charge in [0.2, 0.25) is 0 Å². The predicted octanol–water partition coefficient (Wildman–Crippen LogP) is 2.82. The second kappa shape index (κ2) is 6.37. The van der Waals surface area contributed by atoms with Crippen molar-refractivity contribution < 1.29 is 9.53 Å². The summed E-state index contributed by atoms with van der Waals surface area (Å²) in [6, 6.07) is 9.27. The zero-order valence-corrected chi connectivity index (χ0v) is 13.9. The van der Waals surface area contributed by atoms with Crippen LogP contribution in [0.4, 0.5) is 0 Å². The summed E-state index contributed by atoms with van der Waals surface area (Å²) < 4.78 is 6.64. The van der Waals surface area contributed by atoms with Crippen LogP contribution in [0.2, 0.25) is 0 Å². The first-order chi connectivity index (χ1) is 11.1. The van der Waals surface area contributed by atoms with Crippen LogP contribution in [0.1, 0.15) is 27.4 Å². The summed E-state index contributed by atoms with van der Waals surface area (Å²) in [6.07, 6.45) is 0. The monoisotopic (exact) mass is 328 g/mol. The van der Waals surface area contributed by atoms with Gasteiger partial charge in [0.05, 0.1) is 12.7 Å². The molecule has 118 valence electrons. The lowest BCUT2D eigenvalue weighted by molar-refractivity contribution is 0.0600. The first-order valence-corrected chi connectivity index (χ1v) is 8.06. The molecule has 0 bridgehead atoms. The maximum atomic E-state index is 11.4. The van der Waals surface area contributed by atoms with E-state index in [0.717, 1.165) is 33.6 Å². The minimum atomic E-state index is -0.329. The van der Waals surface area contributed by atoms with Gasteiger partial charge in [-0.05, 0) is 31.5 Å². The van der Waals surface area contributed by atoms with Crippen LogP contribution >= 0.6 is 11.8 Å². The SMILES string of the molecule is COC(=O)c1ccc(CSc2nnc3cc(C)nc(C)n23)cc1. The molecular weight excluding hydrogens is 312 g/mol. The topological polar surface area (TPSA) is 69.4 Å². The Morgan fingerprint density at radius 3 is 2.65 bits per heavy atom. The predicted molar refractivity (Wildman–Crippen MR) is 87.6 cm³/mol. The summed E-state index contributed by atoms with van der Waals surface area (Å²) in [7, 11) is 1.38. The normalized spacial score (nSPS) is 10.9. The van der Waals surface area contributed by atoms with Crippen LogP contribution < -0.4 is 0 Å². The van der Waals surface area contributed by atoms with Crippen LogP contribution in [0.5, 0.6) is 0 Å². The lowest BCUT2D eigenvalue weighted by Crippen LogP contribution is -2.01. The molecule has 0 aliphatic carbocycles. The summed E-state index contributed by atoms with van der Waals surface area (Å²) in [5, 5.41) is 9.23. The lowest BCUT2D eigenvalue weighted by atomic mass is 10.1. The van der Waals surface area contributed by atoms with E-state index in [-0.39, 0.29) is 5.97 Å². The van der Waals surface area contributed by atoms with Crippen molar-refractivity contribution in [1.29, 1.82) is 0 Å². The number of esters is 1. The van der Waals surface area contributed by atoms with E-state index in [4.69, 9.17) is 4.74 Å². The molecule has 0 aliphatic rings. The smallest absolute Gasteiger partial charge is 0.337 e. The summed E-state index contributed by atoms with van der Waals surface area (Å²) >= 11 is 1.58. The molecule has 3 rings (SSSR count). The molecule has 3 aromatic rings. The van der Waals surface area contributed by atoms with Crippen LogP contribution in [0, 0.1) is 13.8 Å². The van der Waals surface area contributed by atoms with Crippen LogP contribution in [-0.4, -0.2) is 32.7 Å². The Labute approximate surface area is 137 Å². The number of ether oxygens (including phenoxy) is 1. The van der Waals surface area contributed by atoms with Gasteiger partial charge in [-0.2, -0.15) is 0 Å². The van der Waals surface area contributed by atoms with Crippen molar-refractivity contribution in [1.82, 2.24) is 19.6 Å². The zero-order chi connectivity index (χ0) is 16.4. The first-order valence-electron chi connectivity index (χ1n) is 7.08. The third-order valence-electron chi connectivity index (χ3n) is 3.40. The standard InChI is InChI=1S/C16H16N4O2S/c1-10-8-14-18-19-16(20(14)11(2)17-10)23-9-12-4-6-13(7-5-12)15(21)22-3/h4-8H,9H2,1-3H3. The Bertz CT molecular complexity index is 858. The molecule has 0 fully saturated rings. The van der Waals surface area contributed by atoms with Gasteiger partial charge < -0.3 is 4.74 Å². The molecule has 6 nitrogen and oxygen atoms in total. The van der Waals surface area contributed by atoms with E-state index in [9.17, 15) is 4.79 Å². The van der Waals surface area contributed by atoms with Gasteiger partial charge in [-0.3, -0.25) is 4.40 Å². The summed E-state index contributed by atoms with van der Waals surface area (Å²) in [5.41, 5.74) is 3.37. The van der Waals surface area contributed by atoms with Gasteiger partial charge >= 0.3 is 5.97 Å². The minimum Gasteiger partial charge on any atom is -0.465 e.